The van der Waals surface area contributed by atoms with E-state index in [1.54, 1.807) is 24.3 Å². The molecule has 0 radical (unpaired) electrons. The number of amides is 1. The summed E-state index contributed by atoms with van der Waals surface area (Å²) in [5.74, 6) is 0.680. The largest absolute Gasteiger partial charge is 0.326 e. The quantitative estimate of drug-likeness (QED) is 0.817. The van der Waals surface area contributed by atoms with E-state index < -0.39 is 0 Å². The lowest BCUT2D eigenvalue weighted by atomic mass is 9.80. The summed E-state index contributed by atoms with van der Waals surface area (Å²) < 4.78 is 0. The number of nitrogens with one attached hydrogen (secondary N) is 1. The highest BCUT2D eigenvalue weighted by Gasteiger charge is 2.25. The number of hydrogen-bond donors (Lipinski definition) is 1. The lowest BCUT2D eigenvalue weighted by Gasteiger charge is -2.26. The fourth-order valence-corrected chi connectivity index (χ4v) is 3.12. The third-order valence-corrected chi connectivity index (χ3v) is 4.72. The molecule has 1 unspecified atom stereocenters. The predicted molar refractivity (Wildman–Crippen MR) is 102 cm³/mol. The standard InChI is InChI=1S/C16H20N2O.C6H6/c1-12(14-5-3-2-4-6-14)16(19)18-15-9-7-13(11-17)8-10-15;1-2-4-6-5-3-1/h7-10,12,14H,2-6H2,1H3,(H,18,19);1-6H. The monoisotopic (exact) mass is 334 g/mol. The van der Waals surface area contributed by atoms with E-state index in [4.69, 9.17) is 5.26 Å². The van der Waals surface area contributed by atoms with Gasteiger partial charge in [0.05, 0.1) is 11.6 Å². The van der Waals surface area contributed by atoms with Crippen LogP contribution in [-0.2, 0) is 4.79 Å². The van der Waals surface area contributed by atoms with Crippen molar-refractivity contribution < 1.29 is 4.79 Å². The molecule has 130 valence electrons. The van der Waals surface area contributed by atoms with Crippen LogP contribution in [-0.4, -0.2) is 5.91 Å². The maximum absolute atomic E-state index is 12.2. The van der Waals surface area contributed by atoms with Gasteiger partial charge in [0.2, 0.25) is 5.91 Å². The van der Waals surface area contributed by atoms with Gasteiger partial charge in [-0.2, -0.15) is 5.26 Å². The van der Waals surface area contributed by atoms with Crippen LogP contribution in [0.1, 0.15) is 44.6 Å². The molecular formula is C22H26N2O. The fraction of sp³-hybridized carbons (Fsp3) is 0.364. The summed E-state index contributed by atoms with van der Waals surface area (Å²) in [4.78, 5) is 12.2. The topological polar surface area (TPSA) is 52.9 Å². The Balaban J connectivity index is 0.000000316. The van der Waals surface area contributed by atoms with Crippen LogP contribution in [0.15, 0.2) is 60.7 Å². The van der Waals surface area contributed by atoms with E-state index in [-0.39, 0.29) is 11.8 Å². The summed E-state index contributed by atoms with van der Waals surface area (Å²) in [5, 5.41) is 11.7. The number of anilines is 1. The van der Waals surface area contributed by atoms with E-state index in [9.17, 15) is 4.79 Å². The highest BCUT2D eigenvalue weighted by atomic mass is 16.1. The smallest absolute Gasteiger partial charge is 0.227 e. The lowest BCUT2D eigenvalue weighted by Crippen LogP contribution is -2.28. The van der Waals surface area contributed by atoms with Crippen LogP contribution in [0.25, 0.3) is 0 Å². The molecular weight excluding hydrogens is 308 g/mol. The number of benzene rings is 2. The maximum atomic E-state index is 12.2. The molecule has 1 amide bonds. The van der Waals surface area contributed by atoms with E-state index in [0.29, 0.717) is 11.5 Å². The zero-order valence-electron chi connectivity index (χ0n) is 14.8. The molecule has 2 aromatic rings. The Bertz CT molecular complexity index is 641. The van der Waals surface area contributed by atoms with Crippen LogP contribution in [0.5, 0.6) is 0 Å². The van der Waals surface area contributed by atoms with Crippen molar-refractivity contribution in [2.24, 2.45) is 11.8 Å². The van der Waals surface area contributed by atoms with Crippen molar-refractivity contribution in [2.45, 2.75) is 39.0 Å². The van der Waals surface area contributed by atoms with Crippen molar-refractivity contribution in [3.05, 3.63) is 66.2 Å². The Labute approximate surface area is 150 Å². The number of rotatable bonds is 3. The zero-order valence-corrected chi connectivity index (χ0v) is 14.8. The minimum atomic E-state index is 0.0657. The van der Waals surface area contributed by atoms with E-state index in [2.05, 4.69) is 11.4 Å². The Morgan fingerprint density at radius 3 is 2.00 bits per heavy atom. The Kier molecular flexibility index (Phi) is 7.72. The van der Waals surface area contributed by atoms with E-state index >= 15 is 0 Å². The highest BCUT2D eigenvalue weighted by Crippen LogP contribution is 2.30. The third kappa shape index (κ3) is 6.43. The van der Waals surface area contributed by atoms with Crippen LogP contribution in [0.4, 0.5) is 5.69 Å². The molecule has 3 rings (SSSR count). The average Bonchev–Trinajstić information content (AvgIpc) is 2.70. The number of nitriles is 1. The second kappa shape index (κ2) is 10.3. The van der Waals surface area contributed by atoms with Crippen molar-refractivity contribution in [3.63, 3.8) is 0 Å². The normalized spacial score (nSPS) is 15.2. The molecule has 0 heterocycles. The van der Waals surface area contributed by atoms with E-state index in [0.717, 1.165) is 5.69 Å². The number of carbonyl (C=O) groups is 1. The van der Waals surface area contributed by atoms with Gasteiger partial charge in [0.1, 0.15) is 0 Å². The molecule has 1 aliphatic carbocycles. The van der Waals surface area contributed by atoms with Crippen molar-refractivity contribution in [1.29, 1.82) is 5.26 Å². The predicted octanol–water partition coefficient (Wildman–Crippen LogP) is 5.40. The molecule has 1 aliphatic rings. The van der Waals surface area contributed by atoms with E-state index in [1.165, 1.54) is 32.1 Å². The lowest BCUT2D eigenvalue weighted by molar-refractivity contribution is -0.121. The van der Waals surface area contributed by atoms with Crippen LogP contribution in [0.2, 0.25) is 0 Å². The summed E-state index contributed by atoms with van der Waals surface area (Å²) >= 11 is 0. The molecule has 0 spiro atoms. The molecule has 1 saturated carbocycles. The van der Waals surface area contributed by atoms with Crippen LogP contribution < -0.4 is 5.32 Å². The van der Waals surface area contributed by atoms with Crippen molar-refractivity contribution in [1.82, 2.24) is 0 Å². The molecule has 1 atom stereocenters. The fourth-order valence-electron chi connectivity index (χ4n) is 3.12. The van der Waals surface area contributed by atoms with Gasteiger partial charge in [-0.3, -0.25) is 4.79 Å². The molecule has 0 saturated heterocycles. The van der Waals surface area contributed by atoms with Crippen molar-refractivity contribution in [3.8, 4) is 6.07 Å². The number of nitrogens with zero attached hydrogens (tertiary/aromatic N) is 1. The first kappa shape index (κ1) is 18.7. The minimum absolute atomic E-state index is 0.0657. The summed E-state index contributed by atoms with van der Waals surface area (Å²) in [6.45, 7) is 2.02. The second-order valence-corrected chi connectivity index (χ2v) is 6.52. The van der Waals surface area contributed by atoms with Gasteiger partial charge in [-0.05, 0) is 43.0 Å². The Hall–Kier alpha value is -2.60. The third-order valence-electron chi connectivity index (χ3n) is 4.72. The summed E-state index contributed by atoms with van der Waals surface area (Å²) in [5.41, 5.74) is 1.38. The van der Waals surface area contributed by atoms with E-state index in [1.807, 2.05) is 43.3 Å². The Morgan fingerprint density at radius 1 is 1.00 bits per heavy atom. The minimum Gasteiger partial charge on any atom is -0.326 e. The van der Waals surface area contributed by atoms with Gasteiger partial charge in [0, 0.05) is 11.6 Å². The van der Waals surface area contributed by atoms with Crippen LogP contribution >= 0.6 is 0 Å². The second-order valence-electron chi connectivity index (χ2n) is 6.52. The summed E-state index contributed by atoms with van der Waals surface area (Å²) in [6, 6.07) is 21.1. The van der Waals surface area contributed by atoms with Crippen LogP contribution in [0, 0.1) is 23.2 Å². The highest BCUT2D eigenvalue weighted by molar-refractivity contribution is 5.92. The van der Waals surface area contributed by atoms with Gasteiger partial charge in [0.25, 0.3) is 0 Å². The molecule has 25 heavy (non-hydrogen) atoms. The van der Waals surface area contributed by atoms with Gasteiger partial charge in [-0.15, -0.1) is 0 Å². The average molecular weight is 334 g/mol. The first-order chi connectivity index (χ1) is 12.2. The summed E-state index contributed by atoms with van der Waals surface area (Å²) in [7, 11) is 0. The number of carbonyl (C=O) groups excluding carboxylic acids is 1. The molecule has 3 heteroatoms. The first-order valence-electron chi connectivity index (χ1n) is 9.01. The zero-order chi connectivity index (χ0) is 17.9. The summed E-state index contributed by atoms with van der Waals surface area (Å²) in [6.07, 6.45) is 6.14. The van der Waals surface area contributed by atoms with Gasteiger partial charge >= 0.3 is 0 Å². The first-order valence-corrected chi connectivity index (χ1v) is 9.01. The molecule has 3 nitrogen and oxygen atoms in total. The molecule has 2 aromatic carbocycles. The van der Waals surface area contributed by atoms with Gasteiger partial charge in [0.15, 0.2) is 0 Å². The molecule has 1 N–H and O–H groups in total. The van der Waals surface area contributed by atoms with Gasteiger partial charge in [-0.1, -0.05) is 62.6 Å². The Morgan fingerprint density at radius 2 is 1.52 bits per heavy atom. The maximum Gasteiger partial charge on any atom is 0.227 e. The van der Waals surface area contributed by atoms with Crippen molar-refractivity contribution >= 4 is 11.6 Å². The van der Waals surface area contributed by atoms with Crippen LogP contribution in [0.3, 0.4) is 0 Å². The van der Waals surface area contributed by atoms with Crippen molar-refractivity contribution in [2.75, 3.05) is 5.32 Å². The number of hydrogen-bond acceptors (Lipinski definition) is 2. The van der Waals surface area contributed by atoms with Gasteiger partial charge < -0.3 is 5.32 Å². The molecule has 1 fully saturated rings. The SMILES string of the molecule is CC(C(=O)Nc1ccc(C#N)cc1)C1CCCCC1.c1ccccc1. The molecule has 0 aromatic heterocycles. The van der Waals surface area contributed by atoms with Gasteiger partial charge in [-0.25, -0.2) is 0 Å². The molecule has 0 aliphatic heterocycles. The molecule has 0 bridgehead atoms.